The zero-order valence-corrected chi connectivity index (χ0v) is 18.8. The number of hydrogen-bond acceptors (Lipinski definition) is 3. The van der Waals surface area contributed by atoms with Crippen LogP contribution in [-0.2, 0) is 17.8 Å². The average molecular weight is 446 g/mol. The Hall–Kier alpha value is -3.51. The highest BCUT2D eigenvalue weighted by atomic mass is 19.1. The summed E-state index contributed by atoms with van der Waals surface area (Å²) in [6, 6.07) is 22.8. The van der Waals surface area contributed by atoms with Crippen LogP contribution in [0.4, 0.5) is 10.1 Å². The highest BCUT2D eigenvalue weighted by Crippen LogP contribution is 2.22. The molecular weight excluding hydrogens is 417 g/mol. The smallest absolute Gasteiger partial charge is 0.258 e. The van der Waals surface area contributed by atoms with Gasteiger partial charge in [0.15, 0.2) is 0 Å². The number of hydrogen-bond donors (Lipinski definition) is 0. The SMILES string of the molecule is CN1CCN(C(=O)Cc2ccc(N(Cc3ccc(F)cc3)C(=O)c3ccccc3)cc2)CC1. The fourth-order valence-corrected chi connectivity index (χ4v) is 3.93. The van der Waals surface area contributed by atoms with Crippen LogP contribution in [0.1, 0.15) is 21.5 Å². The van der Waals surface area contributed by atoms with E-state index in [4.69, 9.17) is 0 Å². The molecule has 0 bridgehead atoms. The Labute approximate surface area is 194 Å². The summed E-state index contributed by atoms with van der Waals surface area (Å²) < 4.78 is 13.4. The fraction of sp³-hybridized carbons (Fsp3) is 0.259. The largest absolute Gasteiger partial charge is 0.340 e. The van der Waals surface area contributed by atoms with Gasteiger partial charge in [-0.05, 0) is 54.6 Å². The third kappa shape index (κ3) is 5.84. The molecule has 0 aromatic heterocycles. The van der Waals surface area contributed by atoms with Crippen LogP contribution in [0.3, 0.4) is 0 Å². The van der Waals surface area contributed by atoms with E-state index >= 15 is 0 Å². The van der Waals surface area contributed by atoms with Crippen LogP contribution in [0.15, 0.2) is 78.9 Å². The monoisotopic (exact) mass is 445 g/mol. The molecule has 1 aliphatic heterocycles. The molecule has 1 aliphatic rings. The summed E-state index contributed by atoms with van der Waals surface area (Å²) in [5, 5.41) is 0. The van der Waals surface area contributed by atoms with Crippen molar-refractivity contribution in [1.29, 1.82) is 0 Å². The van der Waals surface area contributed by atoms with Crippen LogP contribution in [0.25, 0.3) is 0 Å². The number of piperazine rings is 1. The zero-order chi connectivity index (χ0) is 23.2. The molecule has 1 saturated heterocycles. The normalized spacial score (nSPS) is 14.2. The van der Waals surface area contributed by atoms with Crippen molar-refractivity contribution >= 4 is 17.5 Å². The van der Waals surface area contributed by atoms with Crippen LogP contribution in [0, 0.1) is 5.82 Å². The van der Waals surface area contributed by atoms with Gasteiger partial charge in [-0.1, -0.05) is 42.5 Å². The number of nitrogens with zero attached hydrogens (tertiary/aromatic N) is 3. The standard InChI is InChI=1S/C27H28FN3O2/c1-29-15-17-30(18-16-29)26(32)19-21-9-13-25(14-10-21)31(20-22-7-11-24(28)12-8-22)27(33)23-5-3-2-4-6-23/h2-14H,15-20H2,1H3. The molecule has 5 nitrogen and oxygen atoms in total. The number of rotatable bonds is 6. The molecule has 0 N–H and O–H groups in total. The van der Waals surface area contributed by atoms with Gasteiger partial charge in [-0.2, -0.15) is 0 Å². The van der Waals surface area contributed by atoms with Crippen LogP contribution < -0.4 is 4.90 Å². The second-order valence-electron chi connectivity index (χ2n) is 8.41. The number of carbonyl (C=O) groups excluding carboxylic acids is 2. The molecule has 33 heavy (non-hydrogen) atoms. The second kappa shape index (κ2) is 10.4. The van der Waals surface area contributed by atoms with Gasteiger partial charge in [0.05, 0.1) is 13.0 Å². The number of likely N-dealkylation sites (N-methyl/N-ethyl adjacent to an activating group) is 1. The van der Waals surface area contributed by atoms with Gasteiger partial charge in [0.25, 0.3) is 5.91 Å². The maximum Gasteiger partial charge on any atom is 0.258 e. The molecule has 0 spiro atoms. The minimum Gasteiger partial charge on any atom is -0.340 e. The van der Waals surface area contributed by atoms with Crippen molar-refractivity contribution in [2.75, 3.05) is 38.1 Å². The first-order valence-electron chi connectivity index (χ1n) is 11.2. The molecule has 4 rings (SSSR count). The predicted octanol–water partition coefficient (Wildman–Crippen LogP) is 3.99. The van der Waals surface area contributed by atoms with E-state index in [1.165, 1.54) is 12.1 Å². The van der Waals surface area contributed by atoms with Gasteiger partial charge in [-0.25, -0.2) is 4.39 Å². The summed E-state index contributed by atoms with van der Waals surface area (Å²) >= 11 is 0. The van der Waals surface area contributed by atoms with E-state index in [1.54, 1.807) is 29.2 Å². The Morgan fingerprint density at radius 2 is 1.42 bits per heavy atom. The van der Waals surface area contributed by atoms with Gasteiger partial charge in [0.2, 0.25) is 5.91 Å². The summed E-state index contributed by atoms with van der Waals surface area (Å²) in [4.78, 5) is 31.8. The lowest BCUT2D eigenvalue weighted by Gasteiger charge is -2.32. The van der Waals surface area contributed by atoms with Crippen molar-refractivity contribution in [1.82, 2.24) is 9.80 Å². The molecular formula is C27H28FN3O2. The van der Waals surface area contributed by atoms with E-state index < -0.39 is 0 Å². The van der Waals surface area contributed by atoms with Crippen molar-refractivity contribution in [3.05, 3.63) is 101 Å². The molecule has 1 fully saturated rings. The van der Waals surface area contributed by atoms with Crippen LogP contribution in [0.5, 0.6) is 0 Å². The molecule has 0 unspecified atom stereocenters. The summed E-state index contributed by atoms with van der Waals surface area (Å²) in [5.41, 5.74) is 3.05. The van der Waals surface area contributed by atoms with E-state index in [9.17, 15) is 14.0 Å². The number of amides is 2. The Bertz CT molecular complexity index is 1080. The summed E-state index contributed by atoms with van der Waals surface area (Å²) in [6.07, 6.45) is 0.342. The minimum atomic E-state index is -0.311. The summed E-state index contributed by atoms with van der Waals surface area (Å²) in [5.74, 6) is -0.324. The lowest BCUT2D eigenvalue weighted by molar-refractivity contribution is -0.132. The molecule has 1 heterocycles. The van der Waals surface area contributed by atoms with Crippen molar-refractivity contribution in [3.63, 3.8) is 0 Å². The van der Waals surface area contributed by atoms with Crippen molar-refractivity contribution in [2.45, 2.75) is 13.0 Å². The summed E-state index contributed by atoms with van der Waals surface area (Å²) in [6.45, 7) is 3.61. The molecule has 0 radical (unpaired) electrons. The third-order valence-corrected chi connectivity index (χ3v) is 5.98. The first kappa shape index (κ1) is 22.7. The molecule has 2 amide bonds. The molecule has 0 aliphatic carbocycles. The van der Waals surface area contributed by atoms with Gasteiger partial charge >= 0.3 is 0 Å². The van der Waals surface area contributed by atoms with Gasteiger partial charge < -0.3 is 14.7 Å². The van der Waals surface area contributed by atoms with E-state index in [1.807, 2.05) is 47.4 Å². The molecule has 6 heteroatoms. The van der Waals surface area contributed by atoms with E-state index in [-0.39, 0.29) is 17.6 Å². The molecule has 3 aromatic rings. The van der Waals surface area contributed by atoms with Crippen LogP contribution in [-0.4, -0.2) is 54.8 Å². The third-order valence-electron chi connectivity index (χ3n) is 5.98. The van der Waals surface area contributed by atoms with Crippen LogP contribution >= 0.6 is 0 Å². The predicted molar refractivity (Wildman–Crippen MR) is 128 cm³/mol. The molecule has 0 atom stereocenters. The van der Waals surface area contributed by atoms with E-state index in [2.05, 4.69) is 11.9 Å². The number of carbonyl (C=O) groups is 2. The maximum absolute atomic E-state index is 13.4. The Morgan fingerprint density at radius 1 is 0.818 bits per heavy atom. The van der Waals surface area contributed by atoms with Crippen molar-refractivity contribution in [3.8, 4) is 0 Å². The molecule has 3 aromatic carbocycles. The lowest BCUT2D eigenvalue weighted by Crippen LogP contribution is -2.47. The molecule has 170 valence electrons. The Balaban J connectivity index is 1.52. The lowest BCUT2D eigenvalue weighted by atomic mass is 10.1. The first-order valence-corrected chi connectivity index (χ1v) is 11.2. The number of halogens is 1. The highest BCUT2D eigenvalue weighted by molar-refractivity contribution is 6.06. The van der Waals surface area contributed by atoms with Crippen molar-refractivity contribution in [2.24, 2.45) is 0 Å². The average Bonchev–Trinajstić information content (AvgIpc) is 2.85. The van der Waals surface area contributed by atoms with Crippen molar-refractivity contribution < 1.29 is 14.0 Å². The highest BCUT2D eigenvalue weighted by Gasteiger charge is 2.21. The minimum absolute atomic E-state index is 0.124. The number of benzene rings is 3. The molecule has 0 saturated carbocycles. The first-order chi connectivity index (χ1) is 16.0. The second-order valence-corrected chi connectivity index (χ2v) is 8.41. The fourth-order valence-electron chi connectivity index (χ4n) is 3.93. The van der Waals surface area contributed by atoms with E-state index in [0.717, 1.165) is 43.0 Å². The van der Waals surface area contributed by atoms with Gasteiger partial charge in [0.1, 0.15) is 5.82 Å². The van der Waals surface area contributed by atoms with Gasteiger partial charge in [0, 0.05) is 37.4 Å². The zero-order valence-electron chi connectivity index (χ0n) is 18.8. The Kier molecular flexibility index (Phi) is 7.15. The van der Waals surface area contributed by atoms with Gasteiger partial charge in [-0.15, -0.1) is 0 Å². The Morgan fingerprint density at radius 3 is 2.06 bits per heavy atom. The van der Waals surface area contributed by atoms with E-state index in [0.29, 0.717) is 18.5 Å². The van der Waals surface area contributed by atoms with Gasteiger partial charge in [-0.3, -0.25) is 9.59 Å². The van der Waals surface area contributed by atoms with Crippen LogP contribution in [0.2, 0.25) is 0 Å². The summed E-state index contributed by atoms with van der Waals surface area (Å²) in [7, 11) is 2.06. The maximum atomic E-state index is 13.4. The topological polar surface area (TPSA) is 43.9 Å². The quantitative estimate of drug-likeness (QED) is 0.576. The number of anilines is 1.